The van der Waals surface area contributed by atoms with Gasteiger partial charge in [-0.1, -0.05) is 0 Å². The minimum atomic E-state index is -0.473. The lowest BCUT2D eigenvalue weighted by atomic mass is 10.1. The summed E-state index contributed by atoms with van der Waals surface area (Å²) in [6.07, 6.45) is 1.70. The van der Waals surface area contributed by atoms with Crippen molar-refractivity contribution in [1.29, 1.82) is 0 Å². The van der Waals surface area contributed by atoms with Gasteiger partial charge in [-0.3, -0.25) is 23.1 Å². The summed E-state index contributed by atoms with van der Waals surface area (Å²) in [6, 6.07) is 5.31. The zero-order chi connectivity index (χ0) is 19.5. The highest BCUT2D eigenvalue weighted by Gasteiger charge is 2.20. The molecule has 0 fully saturated rings. The Bertz CT molecular complexity index is 1340. The zero-order valence-electron chi connectivity index (χ0n) is 14.9. The molecular formula is C18H16FN5O3. The molecule has 0 unspecified atom stereocenters. The second-order valence-electron chi connectivity index (χ2n) is 6.45. The van der Waals surface area contributed by atoms with Gasteiger partial charge in [-0.2, -0.15) is 4.98 Å². The van der Waals surface area contributed by atoms with Crippen molar-refractivity contribution in [2.45, 2.75) is 13.5 Å². The summed E-state index contributed by atoms with van der Waals surface area (Å²) in [5.74, 6) is -0.247. The molecule has 0 saturated carbocycles. The van der Waals surface area contributed by atoms with Gasteiger partial charge in [-0.15, -0.1) is 0 Å². The number of nitrogens with zero attached hydrogens (tertiary/aromatic N) is 5. The lowest BCUT2D eigenvalue weighted by molar-refractivity contribution is 0.0972. The third-order valence-electron chi connectivity index (χ3n) is 4.72. The van der Waals surface area contributed by atoms with Gasteiger partial charge in [-0.05, 0) is 31.2 Å². The highest BCUT2D eigenvalue weighted by Crippen LogP contribution is 2.17. The van der Waals surface area contributed by atoms with Gasteiger partial charge in [-0.25, -0.2) is 9.18 Å². The van der Waals surface area contributed by atoms with Crippen molar-refractivity contribution in [1.82, 2.24) is 23.1 Å². The summed E-state index contributed by atoms with van der Waals surface area (Å²) in [6.45, 7) is 1.77. The third kappa shape index (κ3) is 2.42. The maximum Gasteiger partial charge on any atom is 0.332 e. The fourth-order valence-corrected chi connectivity index (χ4v) is 3.20. The number of Topliss-reactive ketones (excluding diaryl/α,β-unsaturated/α-hetero) is 1. The number of rotatable bonds is 3. The van der Waals surface area contributed by atoms with Gasteiger partial charge in [0.2, 0.25) is 5.78 Å². The number of fused-ring (bicyclic) bond motifs is 3. The number of ketones is 1. The van der Waals surface area contributed by atoms with Crippen LogP contribution in [0.15, 0.2) is 40.1 Å². The van der Waals surface area contributed by atoms with Crippen LogP contribution in [0.25, 0.3) is 16.9 Å². The molecule has 4 rings (SSSR count). The van der Waals surface area contributed by atoms with Crippen molar-refractivity contribution >= 4 is 22.7 Å². The Balaban J connectivity index is 1.90. The molecule has 0 spiro atoms. The molecule has 0 aliphatic heterocycles. The van der Waals surface area contributed by atoms with Crippen molar-refractivity contribution in [3.05, 3.63) is 68.4 Å². The largest absolute Gasteiger partial charge is 0.332 e. The molecule has 4 aromatic rings. The molecule has 27 heavy (non-hydrogen) atoms. The summed E-state index contributed by atoms with van der Waals surface area (Å²) in [5.41, 5.74) is 0.695. The molecule has 1 aromatic carbocycles. The van der Waals surface area contributed by atoms with Crippen LogP contribution in [0.3, 0.4) is 0 Å². The van der Waals surface area contributed by atoms with Crippen molar-refractivity contribution in [2.24, 2.45) is 14.1 Å². The number of carbonyl (C=O) groups is 1. The van der Waals surface area contributed by atoms with Gasteiger partial charge >= 0.3 is 5.69 Å². The van der Waals surface area contributed by atoms with Crippen LogP contribution in [0.4, 0.5) is 4.39 Å². The van der Waals surface area contributed by atoms with Crippen LogP contribution in [0.5, 0.6) is 0 Å². The lowest BCUT2D eigenvalue weighted by Gasteiger charge is -2.05. The Morgan fingerprint density at radius 3 is 2.44 bits per heavy atom. The quantitative estimate of drug-likeness (QED) is 0.505. The van der Waals surface area contributed by atoms with Crippen LogP contribution >= 0.6 is 0 Å². The number of halogens is 1. The second-order valence-corrected chi connectivity index (χ2v) is 6.45. The SMILES string of the molecule is Cc1cn2c3c(=O)n(C)c(=O)n(C)c3nc2n1CC(=O)c1ccc(F)cc1. The number of benzene rings is 1. The smallest absolute Gasteiger partial charge is 0.306 e. The van der Waals surface area contributed by atoms with Gasteiger partial charge in [0.25, 0.3) is 5.56 Å². The summed E-state index contributed by atoms with van der Waals surface area (Å²) in [7, 11) is 2.95. The van der Waals surface area contributed by atoms with E-state index < -0.39 is 17.1 Å². The van der Waals surface area contributed by atoms with Gasteiger partial charge < -0.3 is 4.57 Å². The fraction of sp³-hybridized carbons (Fsp3) is 0.222. The Morgan fingerprint density at radius 2 is 1.78 bits per heavy atom. The normalized spacial score (nSPS) is 11.6. The average Bonchev–Trinajstić information content (AvgIpc) is 3.15. The zero-order valence-corrected chi connectivity index (χ0v) is 14.9. The van der Waals surface area contributed by atoms with Crippen molar-refractivity contribution in [3.63, 3.8) is 0 Å². The van der Waals surface area contributed by atoms with E-state index in [1.54, 1.807) is 22.1 Å². The maximum atomic E-state index is 13.1. The first-order valence-corrected chi connectivity index (χ1v) is 8.22. The van der Waals surface area contributed by atoms with Crippen LogP contribution in [-0.2, 0) is 20.6 Å². The molecule has 0 saturated heterocycles. The predicted molar refractivity (Wildman–Crippen MR) is 96.6 cm³/mol. The molecule has 0 aliphatic carbocycles. The molecule has 8 nitrogen and oxygen atoms in total. The van der Waals surface area contributed by atoms with E-state index in [0.29, 0.717) is 11.3 Å². The Kier molecular flexibility index (Phi) is 3.62. The van der Waals surface area contributed by atoms with Gasteiger partial charge in [0.05, 0.1) is 6.54 Å². The van der Waals surface area contributed by atoms with Crippen molar-refractivity contribution in [2.75, 3.05) is 0 Å². The number of imidazole rings is 2. The van der Waals surface area contributed by atoms with Crippen LogP contribution in [0, 0.1) is 12.7 Å². The number of hydrogen-bond acceptors (Lipinski definition) is 4. The van der Waals surface area contributed by atoms with E-state index in [1.165, 1.54) is 42.9 Å². The van der Waals surface area contributed by atoms with Crippen molar-refractivity contribution in [3.8, 4) is 0 Å². The van der Waals surface area contributed by atoms with Gasteiger partial charge in [0.1, 0.15) is 5.82 Å². The van der Waals surface area contributed by atoms with E-state index in [9.17, 15) is 18.8 Å². The van der Waals surface area contributed by atoms with E-state index in [4.69, 9.17) is 0 Å². The fourth-order valence-electron chi connectivity index (χ4n) is 3.20. The summed E-state index contributed by atoms with van der Waals surface area (Å²) in [5, 5.41) is 0. The third-order valence-corrected chi connectivity index (χ3v) is 4.72. The maximum absolute atomic E-state index is 13.1. The Hall–Kier alpha value is -3.49. The highest BCUT2D eigenvalue weighted by molar-refractivity contribution is 5.96. The van der Waals surface area contributed by atoms with Crippen LogP contribution < -0.4 is 11.2 Å². The molecule has 3 heterocycles. The summed E-state index contributed by atoms with van der Waals surface area (Å²) >= 11 is 0. The average molecular weight is 369 g/mol. The monoisotopic (exact) mass is 369 g/mol. The molecule has 3 aromatic heterocycles. The number of aryl methyl sites for hydroxylation is 2. The van der Waals surface area contributed by atoms with Crippen LogP contribution in [0.2, 0.25) is 0 Å². The summed E-state index contributed by atoms with van der Waals surface area (Å²) < 4.78 is 18.6. The minimum absolute atomic E-state index is 0.0223. The van der Waals surface area contributed by atoms with Crippen LogP contribution in [-0.4, -0.2) is 28.9 Å². The van der Waals surface area contributed by atoms with Gasteiger partial charge in [0.15, 0.2) is 16.9 Å². The molecule has 0 atom stereocenters. The molecular weight excluding hydrogens is 353 g/mol. The highest BCUT2D eigenvalue weighted by atomic mass is 19.1. The first-order valence-electron chi connectivity index (χ1n) is 8.22. The van der Waals surface area contributed by atoms with Crippen molar-refractivity contribution < 1.29 is 9.18 Å². The van der Waals surface area contributed by atoms with E-state index in [1.807, 2.05) is 0 Å². The standard InChI is InChI=1S/C18H16FN5O3/c1-10-8-24-14-15(21(2)18(27)22(3)16(14)26)20-17(24)23(10)9-13(25)11-4-6-12(19)7-5-11/h4-8H,9H2,1-3H3. The van der Waals surface area contributed by atoms with E-state index in [2.05, 4.69) is 4.98 Å². The molecule has 0 N–H and O–H groups in total. The second kappa shape index (κ2) is 5.76. The first kappa shape index (κ1) is 17.0. The number of hydrogen-bond donors (Lipinski definition) is 0. The topological polar surface area (TPSA) is 83.3 Å². The summed E-state index contributed by atoms with van der Waals surface area (Å²) in [4.78, 5) is 41.7. The predicted octanol–water partition coefficient (Wildman–Crippen LogP) is 1.02. The molecule has 9 heteroatoms. The molecule has 0 radical (unpaired) electrons. The first-order chi connectivity index (χ1) is 12.8. The molecule has 0 aliphatic rings. The van der Waals surface area contributed by atoms with E-state index in [-0.39, 0.29) is 23.5 Å². The van der Waals surface area contributed by atoms with Crippen LogP contribution in [0.1, 0.15) is 16.1 Å². The number of aromatic nitrogens is 5. The van der Waals surface area contributed by atoms with Gasteiger partial charge in [0, 0.05) is 31.5 Å². The number of carbonyl (C=O) groups excluding carboxylic acids is 1. The van der Waals surface area contributed by atoms with E-state index in [0.717, 1.165) is 10.3 Å². The van der Waals surface area contributed by atoms with E-state index >= 15 is 0 Å². The minimum Gasteiger partial charge on any atom is -0.306 e. The molecule has 0 amide bonds. The molecule has 0 bridgehead atoms. The lowest BCUT2D eigenvalue weighted by Crippen LogP contribution is -2.37. The Labute approximate surface area is 151 Å². The molecule has 138 valence electrons. The Morgan fingerprint density at radius 1 is 1.11 bits per heavy atom.